The van der Waals surface area contributed by atoms with Crippen molar-refractivity contribution < 1.29 is 74.1 Å². The number of rotatable bonds is 7. The fourth-order valence-electron chi connectivity index (χ4n) is 4.26. The van der Waals surface area contributed by atoms with Crippen LogP contribution in [0, 0.1) is 0 Å². The predicted molar refractivity (Wildman–Crippen MR) is 110 cm³/mol. The lowest BCUT2D eigenvalue weighted by atomic mass is 9.95. The van der Waals surface area contributed by atoms with E-state index < -0.39 is 111 Å². The van der Waals surface area contributed by atoms with Crippen molar-refractivity contribution in [2.24, 2.45) is 0 Å². The van der Waals surface area contributed by atoms with Crippen molar-refractivity contribution in [3.63, 3.8) is 0 Å². The molecule has 0 bridgehead atoms. The van der Waals surface area contributed by atoms with Gasteiger partial charge in [0, 0.05) is 6.92 Å². The van der Waals surface area contributed by atoms with Crippen LogP contribution in [-0.2, 0) is 33.3 Å². The standard InChI is InChI=1S/C20H33NO15/c1-5-10(25)13(28)15(30)19(32-5)36-17-14(29)11(26)7(3-22)34-20(17)35-16-8(4-23)33-18(31)9(12(16)27)21-6(2)24/h5,7-17,19-20,22-23,25-30H,3-4H2,1-2H3,(H,21,24)/t5-,7+,8+,9+,10+,11-,12+,13+,14-,15-,16+,17+,19-,20-/m0/s1. The molecule has 16 heteroatoms. The highest BCUT2D eigenvalue weighted by molar-refractivity contribution is 5.84. The van der Waals surface area contributed by atoms with E-state index in [1.165, 1.54) is 6.92 Å². The van der Waals surface area contributed by atoms with E-state index >= 15 is 0 Å². The molecule has 0 unspecified atom stereocenters. The van der Waals surface area contributed by atoms with Gasteiger partial charge in [0.2, 0.25) is 5.91 Å². The van der Waals surface area contributed by atoms with Crippen molar-refractivity contribution in [2.75, 3.05) is 13.2 Å². The Balaban J connectivity index is 1.86. The van der Waals surface area contributed by atoms with Crippen LogP contribution in [0.3, 0.4) is 0 Å². The summed E-state index contributed by atoms with van der Waals surface area (Å²) in [4.78, 5) is 23.6. The first-order chi connectivity index (χ1) is 16.9. The van der Waals surface area contributed by atoms with Crippen LogP contribution in [0.5, 0.6) is 0 Å². The molecule has 16 nitrogen and oxygen atoms in total. The van der Waals surface area contributed by atoms with E-state index in [-0.39, 0.29) is 0 Å². The summed E-state index contributed by atoms with van der Waals surface area (Å²) >= 11 is 0. The van der Waals surface area contributed by atoms with Gasteiger partial charge in [0.05, 0.1) is 19.3 Å². The molecule has 36 heavy (non-hydrogen) atoms. The zero-order valence-corrected chi connectivity index (χ0v) is 19.4. The fourth-order valence-corrected chi connectivity index (χ4v) is 4.26. The Morgan fingerprint density at radius 2 is 1.42 bits per heavy atom. The summed E-state index contributed by atoms with van der Waals surface area (Å²) in [5, 5.41) is 83.4. The van der Waals surface area contributed by atoms with Gasteiger partial charge in [-0.25, -0.2) is 4.79 Å². The third kappa shape index (κ3) is 5.79. The van der Waals surface area contributed by atoms with Crippen LogP contribution >= 0.6 is 0 Å². The second-order valence-corrected chi connectivity index (χ2v) is 8.92. The molecule has 3 aliphatic heterocycles. The van der Waals surface area contributed by atoms with E-state index in [4.69, 9.17) is 23.7 Å². The van der Waals surface area contributed by atoms with Gasteiger partial charge in [0.15, 0.2) is 24.7 Å². The molecule has 0 spiro atoms. The lowest BCUT2D eigenvalue weighted by Crippen LogP contribution is -2.67. The molecule has 3 saturated heterocycles. The quantitative estimate of drug-likeness (QED) is 0.140. The number of carbonyl (C=O) groups excluding carboxylic acids is 2. The number of nitrogens with one attached hydrogen (secondary N) is 1. The van der Waals surface area contributed by atoms with Crippen molar-refractivity contribution in [3.8, 4) is 0 Å². The van der Waals surface area contributed by atoms with Crippen LogP contribution in [0.25, 0.3) is 0 Å². The molecule has 0 aromatic rings. The molecule has 14 atom stereocenters. The smallest absolute Gasteiger partial charge is 0.331 e. The largest absolute Gasteiger partial charge is 0.455 e. The average Bonchev–Trinajstić information content (AvgIpc) is 2.84. The van der Waals surface area contributed by atoms with Gasteiger partial charge >= 0.3 is 5.97 Å². The number of aliphatic hydroxyl groups excluding tert-OH is 8. The maximum Gasteiger partial charge on any atom is 0.331 e. The number of carbonyl (C=O) groups is 2. The highest BCUT2D eigenvalue weighted by Crippen LogP contribution is 2.32. The second kappa shape index (κ2) is 11.9. The summed E-state index contributed by atoms with van der Waals surface area (Å²) in [6.45, 7) is 0.872. The Labute approximate surface area is 204 Å². The molecule has 3 heterocycles. The first kappa shape index (κ1) is 29.0. The van der Waals surface area contributed by atoms with E-state index in [2.05, 4.69) is 5.32 Å². The van der Waals surface area contributed by atoms with E-state index in [0.29, 0.717) is 0 Å². The average molecular weight is 527 g/mol. The van der Waals surface area contributed by atoms with Crippen LogP contribution in [0.15, 0.2) is 0 Å². The zero-order valence-electron chi connectivity index (χ0n) is 19.4. The van der Waals surface area contributed by atoms with Gasteiger partial charge in [-0.3, -0.25) is 4.79 Å². The Morgan fingerprint density at radius 1 is 0.806 bits per heavy atom. The van der Waals surface area contributed by atoms with Crippen molar-refractivity contribution in [1.82, 2.24) is 5.32 Å². The van der Waals surface area contributed by atoms with Crippen LogP contribution in [0.2, 0.25) is 0 Å². The molecule has 3 aliphatic rings. The summed E-state index contributed by atoms with van der Waals surface area (Å²) in [6, 6.07) is -1.58. The van der Waals surface area contributed by atoms with Gasteiger partial charge in [-0.15, -0.1) is 0 Å². The van der Waals surface area contributed by atoms with Crippen LogP contribution in [0.4, 0.5) is 0 Å². The summed E-state index contributed by atoms with van der Waals surface area (Å²) < 4.78 is 27.2. The normalized spacial score (nSPS) is 47.8. The summed E-state index contributed by atoms with van der Waals surface area (Å²) in [5.41, 5.74) is 0. The molecular formula is C20H33NO15. The third-order valence-corrected chi connectivity index (χ3v) is 6.32. The van der Waals surface area contributed by atoms with Crippen molar-refractivity contribution >= 4 is 11.9 Å². The Morgan fingerprint density at radius 3 is 2.00 bits per heavy atom. The highest BCUT2D eigenvalue weighted by atomic mass is 16.8. The zero-order chi connectivity index (χ0) is 26.9. The van der Waals surface area contributed by atoms with Crippen LogP contribution in [-0.4, -0.2) is 152 Å². The van der Waals surface area contributed by atoms with E-state index in [9.17, 15) is 50.4 Å². The van der Waals surface area contributed by atoms with Gasteiger partial charge in [-0.2, -0.15) is 0 Å². The minimum atomic E-state index is -1.84. The van der Waals surface area contributed by atoms with Crippen LogP contribution in [0.1, 0.15) is 13.8 Å². The third-order valence-electron chi connectivity index (χ3n) is 6.32. The minimum absolute atomic E-state index is 0.676. The summed E-state index contributed by atoms with van der Waals surface area (Å²) in [6.07, 6.45) is -20.8. The van der Waals surface area contributed by atoms with Gasteiger partial charge in [-0.05, 0) is 6.92 Å². The molecule has 0 aromatic heterocycles. The maximum atomic E-state index is 12.2. The Bertz CT molecular complexity index is 771. The highest BCUT2D eigenvalue weighted by Gasteiger charge is 2.54. The van der Waals surface area contributed by atoms with Crippen molar-refractivity contribution in [2.45, 2.75) is 99.6 Å². The molecule has 3 rings (SSSR count). The van der Waals surface area contributed by atoms with Gasteiger partial charge in [-0.1, -0.05) is 0 Å². The first-order valence-corrected chi connectivity index (χ1v) is 11.3. The molecule has 0 aliphatic carbocycles. The molecule has 0 aromatic carbocycles. The van der Waals surface area contributed by atoms with E-state index in [1.54, 1.807) is 0 Å². The summed E-state index contributed by atoms with van der Waals surface area (Å²) in [7, 11) is 0. The number of ether oxygens (including phenoxy) is 5. The van der Waals surface area contributed by atoms with E-state index in [0.717, 1.165) is 6.92 Å². The molecule has 0 saturated carbocycles. The fraction of sp³-hybridized carbons (Fsp3) is 0.900. The Kier molecular flexibility index (Phi) is 9.58. The molecular weight excluding hydrogens is 494 g/mol. The summed E-state index contributed by atoms with van der Waals surface area (Å²) in [5.74, 6) is -1.72. The lowest BCUT2D eigenvalue weighted by Gasteiger charge is -2.47. The lowest BCUT2D eigenvalue weighted by molar-refractivity contribution is -0.376. The van der Waals surface area contributed by atoms with Crippen molar-refractivity contribution in [3.05, 3.63) is 0 Å². The molecule has 1 amide bonds. The number of cyclic esters (lactones) is 1. The van der Waals surface area contributed by atoms with Gasteiger partial charge < -0.3 is 69.9 Å². The maximum absolute atomic E-state index is 12.2. The van der Waals surface area contributed by atoms with Gasteiger partial charge in [0.1, 0.15) is 54.9 Å². The Hall–Kier alpha value is -1.54. The van der Waals surface area contributed by atoms with Crippen LogP contribution < -0.4 is 5.32 Å². The minimum Gasteiger partial charge on any atom is -0.455 e. The molecule has 0 radical (unpaired) electrons. The van der Waals surface area contributed by atoms with E-state index in [1.807, 2.05) is 0 Å². The monoisotopic (exact) mass is 527 g/mol. The van der Waals surface area contributed by atoms with Gasteiger partial charge in [0.25, 0.3) is 0 Å². The number of hydrogen-bond donors (Lipinski definition) is 9. The topological polar surface area (TPSA) is 254 Å². The molecule has 208 valence electrons. The first-order valence-electron chi connectivity index (χ1n) is 11.3. The predicted octanol–water partition coefficient (Wildman–Crippen LogP) is -6.19. The SMILES string of the molecule is CC(=O)N[C@H]1C(=O)O[C@H](CO)[C@@H](O[C@@H]2O[C@H](CO)[C@H](O)[C@H](O)[C@H]2O[C@@H]2O[C@@H](C)[C@@H](O)[C@@H](O)[C@@H]2O)[C@@H]1O. The number of esters is 1. The molecule has 9 N–H and O–H groups in total. The molecule has 3 fully saturated rings. The second-order valence-electron chi connectivity index (χ2n) is 8.92. The number of aliphatic hydroxyl groups is 8. The number of amides is 1. The van der Waals surface area contributed by atoms with Crippen molar-refractivity contribution in [1.29, 1.82) is 0 Å². The number of hydrogen-bond acceptors (Lipinski definition) is 15.